The molecule has 5 rings (SSSR count). The molecule has 0 spiro atoms. The quantitative estimate of drug-likeness (QED) is 0.359. The van der Waals surface area contributed by atoms with E-state index in [1.807, 2.05) is 54.4 Å². The Labute approximate surface area is 214 Å². The van der Waals surface area contributed by atoms with E-state index < -0.39 is 0 Å². The Bertz CT molecular complexity index is 1350. The van der Waals surface area contributed by atoms with Crippen molar-refractivity contribution in [3.8, 4) is 22.6 Å². The molecular weight excluding hydrogens is 472 g/mol. The number of thiophene rings is 1. The van der Waals surface area contributed by atoms with Gasteiger partial charge >= 0.3 is 0 Å². The third kappa shape index (κ3) is 4.79. The molecular formula is C28H30N4O3S. The van der Waals surface area contributed by atoms with Crippen molar-refractivity contribution in [1.29, 1.82) is 0 Å². The summed E-state index contributed by atoms with van der Waals surface area (Å²) in [6, 6.07) is 14.1. The van der Waals surface area contributed by atoms with Gasteiger partial charge in [-0.15, -0.1) is 11.3 Å². The summed E-state index contributed by atoms with van der Waals surface area (Å²) in [5.41, 5.74) is 2.77. The minimum Gasteiger partial charge on any atom is -0.506 e. The van der Waals surface area contributed by atoms with E-state index in [1.165, 1.54) is 17.7 Å². The van der Waals surface area contributed by atoms with Crippen molar-refractivity contribution < 1.29 is 14.6 Å². The number of nitrogens with zero attached hydrogens (tertiary/aromatic N) is 3. The Morgan fingerprint density at radius 1 is 1.11 bits per heavy atom. The van der Waals surface area contributed by atoms with E-state index in [2.05, 4.69) is 15.3 Å². The van der Waals surface area contributed by atoms with Crippen molar-refractivity contribution in [2.75, 3.05) is 14.2 Å². The van der Waals surface area contributed by atoms with E-state index in [9.17, 15) is 9.90 Å². The maximum absolute atomic E-state index is 14.0. The number of rotatable bonds is 7. The van der Waals surface area contributed by atoms with Gasteiger partial charge in [0.05, 0.1) is 7.11 Å². The number of fused-ring (bicyclic) bond motifs is 1. The summed E-state index contributed by atoms with van der Waals surface area (Å²) in [4.78, 5) is 24.6. The minimum absolute atomic E-state index is 0.0664. The van der Waals surface area contributed by atoms with Crippen molar-refractivity contribution in [1.82, 2.24) is 20.2 Å². The van der Waals surface area contributed by atoms with Crippen molar-refractivity contribution >= 4 is 27.3 Å². The van der Waals surface area contributed by atoms with Gasteiger partial charge in [0.2, 0.25) is 0 Å². The predicted octanol–water partition coefficient (Wildman–Crippen LogP) is 5.25. The number of methoxy groups -OCH3 is 1. The van der Waals surface area contributed by atoms with Crippen LogP contribution in [0.2, 0.25) is 0 Å². The fourth-order valence-electron chi connectivity index (χ4n) is 5.06. The summed E-state index contributed by atoms with van der Waals surface area (Å²) in [7, 11) is 3.64. The zero-order valence-corrected chi connectivity index (χ0v) is 21.3. The number of aromatic nitrogens is 2. The highest BCUT2D eigenvalue weighted by Gasteiger charge is 2.32. The van der Waals surface area contributed by atoms with Crippen molar-refractivity contribution in [2.24, 2.45) is 0 Å². The minimum atomic E-state index is -0.142. The first-order valence-electron chi connectivity index (χ1n) is 12.2. The Morgan fingerprint density at radius 2 is 1.86 bits per heavy atom. The normalized spacial score (nSPS) is 17.7. The second kappa shape index (κ2) is 10.6. The van der Waals surface area contributed by atoms with E-state index in [-0.39, 0.29) is 17.7 Å². The molecule has 0 unspecified atom stereocenters. The number of carbonyl (C=O) groups is 1. The first-order valence-corrected chi connectivity index (χ1v) is 13.0. The van der Waals surface area contributed by atoms with E-state index in [0.29, 0.717) is 22.8 Å². The van der Waals surface area contributed by atoms with E-state index >= 15 is 0 Å². The van der Waals surface area contributed by atoms with Gasteiger partial charge in [0.15, 0.2) is 0 Å². The lowest BCUT2D eigenvalue weighted by atomic mass is 9.89. The molecule has 7 nitrogen and oxygen atoms in total. The summed E-state index contributed by atoms with van der Waals surface area (Å²) < 4.78 is 6.59. The highest BCUT2D eigenvalue weighted by atomic mass is 32.1. The van der Waals surface area contributed by atoms with Gasteiger partial charge in [-0.2, -0.15) is 0 Å². The van der Waals surface area contributed by atoms with Crippen LogP contribution < -0.4 is 10.1 Å². The molecule has 1 amide bonds. The average Bonchev–Trinajstić information content (AvgIpc) is 3.28. The second-order valence-electron chi connectivity index (χ2n) is 9.16. The number of nitrogens with one attached hydrogen (secondary N) is 1. The van der Waals surface area contributed by atoms with Crippen LogP contribution in [0.15, 0.2) is 61.2 Å². The standard InChI is InChI=1S/C28H30N4O3S/c1-29-21-8-10-22(11-9-21)32(28(34)27-26(33)23-5-3-4-6-25(23)36-27)16-19-13-18(7-12-24(19)35-2)20-14-30-17-31-15-20/h3-7,12-15,17,21-22,29,33H,8-11,16H2,1-2H3. The molecule has 4 aromatic rings. The lowest BCUT2D eigenvalue weighted by Gasteiger charge is -2.37. The number of amides is 1. The van der Waals surface area contributed by atoms with Crippen molar-refractivity contribution in [3.63, 3.8) is 0 Å². The zero-order valence-electron chi connectivity index (χ0n) is 20.5. The molecule has 1 aliphatic rings. The number of hydrogen-bond donors (Lipinski definition) is 2. The number of hydrogen-bond acceptors (Lipinski definition) is 7. The van der Waals surface area contributed by atoms with Crippen LogP contribution in [0.4, 0.5) is 0 Å². The molecule has 0 saturated heterocycles. The first kappa shape index (κ1) is 24.2. The van der Waals surface area contributed by atoms with E-state index in [4.69, 9.17) is 4.74 Å². The van der Waals surface area contributed by atoms with E-state index in [1.54, 1.807) is 19.5 Å². The number of aromatic hydroxyl groups is 1. The molecule has 186 valence electrons. The first-order chi connectivity index (χ1) is 17.6. The highest BCUT2D eigenvalue weighted by molar-refractivity contribution is 7.21. The molecule has 1 aliphatic carbocycles. The van der Waals surface area contributed by atoms with Gasteiger partial charge in [0, 0.05) is 52.2 Å². The van der Waals surface area contributed by atoms with Gasteiger partial charge in [0.25, 0.3) is 5.91 Å². The Morgan fingerprint density at radius 3 is 2.56 bits per heavy atom. The van der Waals surface area contributed by atoms with Gasteiger partial charge in [-0.25, -0.2) is 9.97 Å². The Kier molecular flexibility index (Phi) is 7.16. The molecule has 2 aromatic heterocycles. The lowest BCUT2D eigenvalue weighted by Crippen LogP contribution is -2.44. The molecule has 0 aliphatic heterocycles. The molecule has 0 bridgehead atoms. The lowest BCUT2D eigenvalue weighted by molar-refractivity contribution is 0.0602. The molecule has 2 N–H and O–H groups in total. The van der Waals surface area contributed by atoms with Crippen molar-refractivity contribution in [3.05, 3.63) is 71.6 Å². The smallest absolute Gasteiger partial charge is 0.268 e. The largest absolute Gasteiger partial charge is 0.506 e. The highest BCUT2D eigenvalue weighted by Crippen LogP contribution is 2.39. The molecule has 2 heterocycles. The molecule has 2 aromatic carbocycles. The van der Waals surface area contributed by atoms with Crippen LogP contribution in [0.3, 0.4) is 0 Å². The molecule has 0 atom stereocenters. The molecule has 1 fully saturated rings. The molecule has 1 saturated carbocycles. The number of carbonyl (C=O) groups excluding carboxylic acids is 1. The Balaban J connectivity index is 1.53. The maximum atomic E-state index is 14.0. The Hall–Kier alpha value is -3.49. The fraction of sp³-hybridized carbons (Fsp3) is 0.321. The second-order valence-corrected chi connectivity index (χ2v) is 10.2. The van der Waals surface area contributed by atoms with Gasteiger partial charge < -0.3 is 20.1 Å². The van der Waals surface area contributed by atoms with Crippen LogP contribution in [0.1, 0.15) is 40.9 Å². The topological polar surface area (TPSA) is 87.6 Å². The monoisotopic (exact) mass is 502 g/mol. The maximum Gasteiger partial charge on any atom is 0.268 e. The third-order valence-electron chi connectivity index (χ3n) is 7.09. The fourth-order valence-corrected chi connectivity index (χ4v) is 6.12. The van der Waals surface area contributed by atoms with E-state index in [0.717, 1.165) is 52.8 Å². The van der Waals surface area contributed by atoms with Crippen LogP contribution >= 0.6 is 11.3 Å². The van der Waals surface area contributed by atoms with Crippen LogP contribution in [-0.2, 0) is 6.54 Å². The molecule has 36 heavy (non-hydrogen) atoms. The average molecular weight is 503 g/mol. The van der Waals surface area contributed by atoms with Crippen molar-refractivity contribution in [2.45, 2.75) is 44.3 Å². The summed E-state index contributed by atoms with van der Waals surface area (Å²) in [6.45, 7) is 0.381. The SMILES string of the molecule is CNC1CCC(N(Cc2cc(-c3cncnc3)ccc2OC)C(=O)c2sc3ccccc3c2O)CC1. The summed E-state index contributed by atoms with van der Waals surface area (Å²) in [6.07, 6.45) is 8.86. The predicted molar refractivity (Wildman–Crippen MR) is 142 cm³/mol. The van der Waals surface area contributed by atoms with Crippen LogP contribution in [-0.4, -0.2) is 52.1 Å². The summed E-state index contributed by atoms with van der Waals surface area (Å²) in [5, 5.41) is 15.0. The van der Waals surface area contributed by atoms with Crippen LogP contribution in [0, 0.1) is 0 Å². The van der Waals surface area contributed by atoms with Gasteiger partial charge in [-0.3, -0.25) is 4.79 Å². The van der Waals surface area contributed by atoms with Crippen LogP contribution in [0.25, 0.3) is 21.2 Å². The zero-order chi connectivity index (χ0) is 25.1. The van der Waals surface area contributed by atoms with Crippen LogP contribution in [0.5, 0.6) is 11.5 Å². The summed E-state index contributed by atoms with van der Waals surface area (Å²) >= 11 is 1.35. The summed E-state index contributed by atoms with van der Waals surface area (Å²) in [5.74, 6) is 0.645. The molecule has 8 heteroatoms. The third-order valence-corrected chi connectivity index (χ3v) is 8.23. The van der Waals surface area contributed by atoms with Gasteiger partial charge in [0.1, 0.15) is 22.7 Å². The number of benzene rings is 2. The molecule has 0 radical (unpaired) electrons. The van der Waals surface area contributed by atoms with Gasteiger partial charge in [-0.05, 0) is 62.6 Å². The number of ether oxygens (including phenoxy) is 1. The van der Waals surface area contributed by atoms with Gasteiger partial charge in [-0.1, -0.05) is 18.2 Å².